The molecule has 0 bridgehead atoms. The van der Waals surface area contributed by atoms with E-state index in [1.807, 2.05) is 0 Å². The summed E-state index contributed by atoms with van der Waals surface area (Å²) in [7, 11) is 0. The van der Waals surface area contributed by atoms with Crippen molar-refractivity contribution < 1.29 is 8.91 Å². The molecule has 1 heterocycles. The zero-order valence-electron chi connectivity index (χ0n) is 8.27. The molecule has 1 N–H and O–H groups in total. The van der Waals surface area contributed by atoms with Crippen molar-refractivity contribution in [2.75, 3.05) is 5.32 Å². The number of hydrogen-bond donors (Lipinski definition) is 1. The quantitative estimate of drug-likeness (QED) is 0.856. The lowest BCUT2D eigenvalue weighted by atomic mass is 10.2. The van der Waals surface area contributed by atoms with Gasteiger partial charge >= 0.3 is 0 Å². The van der Waals surface area contributed by atoms with Crippen molar-refractivity contribution >= 4 is 5.69 Å². The van der Waals surface area contributed by atoms with Crippen LogP contribution in [0.25, 0.3) is 0 Å². The van der Waals surface area contributed by atoms with E-state index in [4.69, 9.17) is 5.26 Å². The average molecular weight is 217 g/mol. The highest BCUT2D eigenvalue weighted by molar-refractivity contribution is 5.49. The lowest BCUT2D eigenvalue weighted by Gasteiger charge is -2.04. The van der Waals surface area contributed by atoms with Crippen LogP contribution in [-0.2, 0) is 6.54 Å². The van der Waals surface area contributed by atoms with Crippen molar-refractivity contribution in [1.29, 1.82) is 5.26 Å². The number of nitrogens with zero attached hydrogens (tertiary/aromatic N) is 2. The van der Waals surface area contributed by atoms with Gasteiger partial charge in [0.15, 0.2) is 0 Å². The Morgan fingerprint density at radius 2 is 2.38 bits per heavy atom. The van der Waals surface area contributed by atoms with E-state index in [-0.39, 0.29) is 5.56 Å². The Balaban J connectivity index is 2.08. The predicted octanol–water partition coefficient (Wildman–Crippen LogP) is 2.30. The van der Waals surface area contributed by atoms with Crippen LogP contribution in [0.3, 0.4) is 0 Å². The second-order valence-electron chi connectivity index (χ2n) is 3.19. The topological polar surface area (TPSA) is 61.9 Å². The number of aromatic nitrogens is 1. The van der Waals surface area contributed by atoms with Crippen LogP contribution in [-0.4, -0.2) is 5.16 Å². The molecule has 16 heavy (non-hydrogen) atoms. The number of benzene rings is 1. The fourth-order valence-electron chi connectivity index (χ4n) is 1.24. The van der Waals surface area contributed by atoms with Crippen LogP contribution < -0.4 is 5.32 Å². The molecule has 1 aromatic carbocycles. The molecular weight excluding hydrogens is 209 g/mol. The highest BCUT2D eigenvalue weighted by Gasteiger charge is 2.02. The van der Waals surface area contributed by atoms with E-state index >= 15 is 0 Å². The number of halogens is 1. The minimum atomic E-state index is -0.516. The molecule has 0 atom stereocenters. The Kier molecular flexibility index (Phi) is 2.83. The summed E-state index contributed by atoms with van der Waals surface area (Å²) >= 11 is 0. The van der Waals surface area contributed by atoms with Gasteiger partial charge in [-0.2, -0.15) is 5.26 Å². The Morgan fingerprint density at radius 3 is 3.06 bits per heavy atom. The van der Waals surface area contributed by atoms with Crippen LogP contribution in [0.5, 0.6) is 0 Å². The van der Waals surface area contributed by atoms with Crippen molar-refractivity contribution in [2.45, 2.75) is 6.54 Å². The van der Waals surface area contributed by atoms with Crippen LogP contribution in [0.1, 0.15) is 11.1 Å². The summed E-state index contributed by atoms with van der Waals surface area (Å²) in [6.07, 6.45) is 3.10. The van der Waals surface area contributed by atoms with E-state index in [0.29, 0.717) is 12.2 Å². The molecule has 0 radical (unpaired) electrons. The normalized spacial score (nSPS) is 9.75. The molecule has 0 aliphatic carbocycles. The molecule has 80 valence electrons. The van der Waals surface area contributed by atoms with E-state index in [2.05, 4.69) is 15.0 Å². The first-order valence-corrected chi connectivity index (χ1v) is 4.61. The molecule has 5 heteroatoms. The van der Waals surface area contributed by atoms with Crippen LogP contribution in [0.15, 0.2) is 35.2 Å². The molecule has 0 amide bonds. The van der Waals surface area contributed by atoms with E-state index in [0.717, 1.165) is 5.56 Å². The third-order valence-electron chi connectivity index (χ3n) is 2.07. The molecule has 0 aliphatic heterocycles. The SMILES string of the molecule is N#Cc1cc(NCc2cnoc2)ccc1F. The third kappa shape index (κ3) is 2.17. The molecule has 0 aliphatic rings. The maximum absolute atomic E-state index is 13.0. The minimum Gasteiger partial charge on any atom is -0.381 e. The number of rotatable bonds is 3. The van der Waals surface area contributed by atoms with Crippen LogP contribution >= 0.6 is 0 Å². The molecule has 1 aromatic heterocycles. The highest BCUT2D eigenvalue weighted by atomic mass is 19.1. The van der Waals surface area contributed by atoms with Crippen molar-refractivity contribution in [3.63, 3.8) is 0 Å². The first kappa shape index (κ1) is 10.2. The average Bonchev–Trinajstić information content (AvgIpc) is 2.81. The molecule has 0 saturated carbocycles. The zero-order chi connectivity index (χ0) is 11.4. The molecule has 0 saturated heterocycles. The largest absolute Gasteiger partial charge is 0.381 e. The van der Waals surface area contributed by atoms with Gasteiger partial charge in [0.25, 0.3) is 0 Å². The fraction of sp³-hybridized carbons (Fsp3) is 0.0909. The standard InChI is InChI=1S/C11H8FN3O/c12-11-2-1-10(3-9(11)4-13)14-5-8-6-15-16-7-8/h1-3,6-7,14H,5H2. The van der Waals surface area contributed by atoms with Crippen molar-refractivity contribution in [2.24, 2.45) is 0 Å². The van der Waals surface area contributed by atoms with E-state index < -0.39 is 5.82 Å². The van der Waals surface area contributed by atoms with Crippen LogP contribution in [0.4, 0.5) is 10.1 Å². The van der Waals surface area contributed by atoms with Gasteiger partial charge in [-0.3, -0.25) is 0 Å². The smallest absolute Gasteiger partial charge is 0.141 e. The van der Waals surface area contributed by atoms with Gasteiger partial charge in [0.05, 0.1) is 11.8 Å². The fourth-order valence-corrected chi connectivity index (χ4v) is 1.24. The molecule has 4 nitrogen and oxygen atoms in total. The van der Waals surface area contributed by atoms with Crippen LogP contribution in [0.2, 0.25) is 0 Å². The van der Waals surface area contributed by atoms with Gasteiger partial charge in [-0.05, 0) is 18.2 Å². The van der Waals surface area contributed by atoms with Gasteiger partial charge in [0.1, 0.15) is 18.1 Å². The van der Waals surface area contributed by atoms with E-state index in [1.54, 1.807) is 18.3 Å². The maximum Gasteiger partial charge on any atom is 0.141 e. The van der Waals surface area contributed by atoms with E-state index in [9.17, 15) is 4.39 Å². The molecule has 0 unspecified atom stereocenters. The maximum atomic E-state index is 13.0. The minimum absolute atomic E-state index is 0.0234. The van der Waals surface area contributed by atoms with Gasteiger partial charge in [0.2, 0.25) is 0 Å². The van der Waals surface area contributed by atoms with Crippen molar-refractivity contribution in [3.05, 3.63) is 47.6 Å². The predicted molar refractivity (Wildman–Crippen MR) is 54.9 cm³/mol. The Hall–Kier alpha value is -2.35. The molecule has 2 rings (SSSR count). The summed E-state index contributed by atoms with van der Waals surface area (Å²) in [6, 6.07) is 6.08. The van der Waals surface area contributed by atoms with Gasteiger partial charge in [-0.25, -0.2) is 4.39 Å². The van der Waals surface area contributed by atoms with Crippen molar-refractivity contribution in [1.82, 2.24) is 5.16 Å². The van der Waals surface area contributed by atoms with E-state index in [1.165, 1.54) is 18.4 Å². The summed E-state index contributed by atoms with van der Waals surface area (Å²) in [5.74, 6) is -0.516. The first-order chi connectivity index (χ1) is 7.79. The Labute approximate surface area is 91.3 Å². The monoisotopic (exact) mass is 217 g/mol. The van der Waals surface area contributed by atoms with Crippen molar-refractivity contribution in [3.8, 4) is 6.07 Å². The summed E-state index contributed by atoms with van der Waals surface area (Å²) in [4.78, 5) is 0. The summed E-state index contributed by atoms with van der Waals surface area (Å²) in [6.45, 7) is 0.514. The zero-order valence-corrected chi connectivity index (χ0v) is 8.27. The highest BCUT2D eigenvalue weighted by Crippen LogP contribution is 2.14. The Morgan fingerprint density at radius 1 is 1.50 bits per heavy atom. The third-order valence-corrected chi connectivity index (χ3v) is 2.07. The molecular formula is C11H8FN3O. The molecule has 0 fully saturated rings. The summed E-state index contributed by atoms with van der Waals surface area (Å²) in [5, 5.41) is 15.2. The Bertz CT molecular complexity index is 517. The summed E-state index contributed by atoms with van der Waals surface area (Å²) in [5.41, 5.74) is 1.58. The lowest BCUT2D eigenvalue weighted by Crippen LogP contribution is -1.99. The molecule has 2 aromatic rings. The number of nitriles is 1. The van der Waals surface area contributed by atoms with Gasteiger partial charge in [0, 0.05) is 17.8 Å². The van der Waals surface area contributed by atoms with Gasteiger partial charge < -0.3 is 9.84 Å². The second kappa shape index (κ2) is 4.45. The summed E-state index contributed by atoms with van der Waals surface area (Å²) < 4.78 is 17.7. The first-order valence-electron chi connectivity index (χ1n) is 4.61. The van der Waals surface area contributed by atoms with Gasteiger partial charge in [-0.1, -0.05) is 5.16 Å². The van der Waals surface area contributed by atoms with Crippen LogP contribution in [0, 0.1) is 17.1 Å². The number of anilines is 1. The number of hydrogen-bond acceptors (Lipinski definition) is 4. The van der Waals surface area contributed by atoms with Gasteiger partial charge in [-0.15, -0.1) is 0 Å². The number of nitrogens with one attached hydrogen (secondary N) is 1. The second-order valence-corrected chi connectivity index (χ2v) is 3.19. The molecule has 0 spiro atoms. The lowest BCUT2D eigenvalue weighted by molar-refractivity contribution is 0.419.